The molecule has 2 heterocycles. The van der Waals surface area contributed by atoms with E-state index in [9.17, 15) is 0 Å². The van der Waals surface area contributed by atoms with Crippen LogP contribution in [-0.2, 0) is 6.54 Å². The van der Waals surface area contributed by atoms with E-state index in [4.69, 9.17) is 5.73 Å². The van der Waals surface area contributed by atoms with E-state index in [0.717, 1.165) is 44.5 Å². The minimum absolute atomic E-state index is 0.732. The van der Waals surface area contributed by atoms with Gasteiger partial charge >= 0.3 is 0 Å². The summed E-state index contributed by atoms with van der Waals surface area (Å²) < 4.78 is 2.39. The zero-order valence-electron chi connectivity index (χ0n) is 9.65. The molecule has 1 saturated heterocycles. The number of nitrogen functional groups attached to an aromatic ring is 1. The first kappa shape index (κ1) is 10.2. The van der Waals surface area contributed by atoms with Crippen LogP contribution in [0.25, 0.3) is 0 Å². The molecule has 16 heavy (non-hydrogen) atoms. The summed E-state index contributed by atoms with van der Waals surface area (Å²) in [7, 11) is 0. The molecule has 0 spiro atoms. The number of nitrogens with one attached hydrogen (secondary N) is 1. The van der Waals surface area contributed by atoms with Gasteiger partial charge in [0.25, 0.3) is 0 Å². The summed E-state index contributed by atoms with van der Waals surface area (Å²) in [6.45, 7) is 5.57. The van der Waals surface area contributed by atoms with E-state index >= 15 is 0 Å². The van der Waals surface area contributed by atoms with Crippen LogP contribution >= 0.6 is 0 Å². The fraction of sp³-hybridized carbons (Fsp3) is 0.667. The first-order valence-corrected chi connectivity index (χ1v) is 6.22. The largest absolute Gasteiger partial charge is 0.397 e. The van der Waals surface area contributed by atoms with Gasteiger partial charge < -0.3 is 15.6 Å². The number of hydrogen-bond donors (Lipinski definition) is 2. The lowest BCUT2D eigenvalue weighted by atomic mass is 10.3. The molecule has 0 unspecified atom stereocenters. The number of rotatable bonds is 3. The van der Waals surface area contributed by atoms with Crippen molar-refractivity contribution in [1.82, 2.24) is 14.8 Å². The lowest BCUT2D eigenvalue weighted by molar-refractivity contribution is 0.228. The van der Waals surface area contributed by atoms with Crippen molar-refractivity contribution in [3.8, 4) is 0 Å². The van der Waals surface area contributed by atoms with Crippen molar-refractivity contribution in [3.05, 3.63) is 18.0 Å². The van der Waals surface area contributed by atoms with Gasteiger partial charge in [-0.2, -0.15) is 0 Å². The van der Waals surface area contributed by atoms with Crippen LogP contribution in [0.4, 0.5) is 5.69 Å². The zero-order valence-corrected chi connectivity index (χ0v) is 9.65. The number of nitrogens with two attached hydrogens (primary N) is 1. The maximum absolute atomic E-state index is 5.90. The van der Waals surface area contributed by atoms with Crippen molar-refractivity contribution in [2.24, 2.45) is 0 Å². The van der Waals surface area contributed by atoms with Crippen molar-refractivity contribution >= 4 is 5.69 Å². The summed E-state index contributed by atoms with van der Waals surface area (Å²) in [5.74, 6) is 0. The van der Waals surface area contributed by atoms with Gasteiger partial charge in [0.05, 0.1) is 0 Å². The monoisotopic (exact) mass is 220 g/mol. The molecule has 3 rings (SSSR count). The molecule has 1 aromatic heterocycles. The summed E-state index contributed by atoms with van der Waals surface area (Å²) in [5.41, 5.74) is 8.20. The Labute approximate surface area is 96.4 Å². The van der Waals surface area contributed by atoms with E-state index < -0.39 is 0 Å². The maximum Gasteiger partial charge on any atom is 0.0497 e. The molecule has 2 aliphatic rings. The molecule has 1 aliphatic carbocycles. The standard InChI is InChI=1S/C12H20N4/c13-10-7-12(16(8-10)11-1-2-11)9-15-5-3-14-4-6-15/h7-8,11,14H,1-6,9,13H2. The molecule has 0 amide bonds. The molecule has 1 saturated carbocycles. The second-order valence-corrected chi connectivity index (χ2v) is 4.93. The van der Waals surface area contributed by atoms with Crippen LogP contribution in [0.5, 0.6) is 0 Å². The van der Waals surface area contributed by atoms with Crippen molar-refractivity contribution in [3.63, 3.8) is 0 Å². The molecular weight excluding hydrogens is 200 g/mol. The minimum Gasteiger partial charge on any atom is -0.397 e. The Bertz CT molecular complexity index is 361. The van der Waals surface area contributed by atoms with Crippen LogP contribution in [0.1, 0.15) is 24.6 Å². The molecule has 0 bridgehead atoms. The third-order valence-corrected chi connectivity index (χ3v) is 3.49. The highest BCUT2D eigenvalue weighted by Crippen LogP contribution is 2.37. The lowest BCUT2D eigenvalue weighted by Gasteiger charge is -2.27. The minimum atomic E-state index is 0.732. The van der Waals surface area contributed by atoms with Crippen LogP contribution in [0.2, 0.25) is 0 Å². The molecular formula is C12H20N4. The van der Waals surface area contributed by atoms with Gasteiger partial charge in [-0.15, -0.1) is 0 Å². The normalized spacial score (nSPS) is 22.5. The van der Waals surface area contributed by atoms with E-state index in [1.807, 2.05) is 0 Å². The SMILES string of the molecule is Nc1cc(CN2CCNCC2)n(C2CC2)c1. The topological polar surface area (TPSA) is 46.2 Å². The van der Waals surface area contributed by atoms with Gasteiger partial charge in [0, 0.05) is 56.3 Å². The Morgan fingerprint density at radius 2 is 2.06 bits per heavy atom. The third-order valence-electron chi connectivity index (χ3n) is 3.49. The van der Waals surface area contributed by atoms with Gasteiger partial charge in [-0.3, -0.25) is 4.90 Å². The van der Waals surface area contributed by atoms with Gasteiger partial charge in [0.1, 0.15) is 0 Å². The predicted molar refractivity (Wildman–Crippen MR) is 65.3 cm³/mol. The smallest absolute Gasteiger partial charge is 0.0497 e. The molecule has 4 nitrogen and oxygen atoms in total. The zero-order chi connectivity index (χ0) is 11.0. The molecule has 1 aromatic rings. The Kier molecular flexibility index (Phi) is 2.61. The molecule has 4 heteroatoms. The summed E-state index contributed by atoms with van der Waals surface area (Å²) in [6.07, 6.45) is 4.75. The van der Waals surface area contributed by atoms with Gasteiger partial charge in [0.15, 0.2) is 0 Å². The van der Waals surface area contributed by atoms with Crippen LogP contribution in [0.15, 0.2) is 12.3 Å². The first-order valence-electron chi connectivity index (χ1n) is 6.22. The molecule has 88 valence electrons. The first-order chi connectivity index (χ1) is 7.83. The van der Waals surface area contributed by atoms with Crippen molar-refractivity contribution in [1.29, 1.82) is 0 Å². The van der Waals surface area contributed by atoms with Gasteiger partial charge in [0.2, 0.25) is 0 Å². The fourth-order valence-electron chi connectivity index (χ4n) is 2.47. The molecule has 0 atom stereocenters. The van der Waals surface area contributed by atoms with Crippen molar-refractivity contribution < 1.29 is 0 Å². The highest BCUT2D eigenvalue weighted by molar-refractivity contribution is 5.39. The summed E-state index contributed by atoms with van der Waals surface area (Å²) >= 11 is 0. The van der Waals surface area contributed by atoms with E-state index in [0.29, 0.717) is 0 Å². The Morgan fingerprint density at radius 3 is 2.75 bits per heavy atom. The third kappa shape index (κ3) is 2.08. The van der Waals surface area contributed by atoms with E-state index in [1.54, 1.807) is 0 Å². The molecule has 0 aromatic carbocycles. The average Bonchev–Trinajstić information content (AvgIpc) is 3.06. The van der Waals surface area contributed by atoms with Gasteiger partial charge in [-0.05, 0) is 18.9 Å². The second-order valence-electron chi connectivity index (χ2n) is 4.93. The summed E-state index contributed by atoms with van der Waals surface area (Å²) in [4.78, 5) is 2.50. The summed E-state index contributed by atoms with van der Waals surface area (Å²) in [6, 6.07) is 2.87. The second kappa shape index (κ2) is 4.11. The number of nitrogens with zero attached hydrogens (tertiary/aromatic N) is 2. The van der Waals surface area contributed by atoms with Gasteiger partial charge in [-0.1, -0.05) is 0 Å². The lowest BCUT2D eigenvalue weighted by Crippen LogP contribution is -2.43. The average molecular weight is 220 g/mol. The number of anilines is 1. The van der Waals surface area contributed by atoms with Gasteiger partial charge in [-0.25, -0.2) is 0 Å². The highest BCUT2D eigenvalue weighted by Gasteiger charge is 2.26. The van der Waals surface area contributed by atoms with E-state index in [-0.39, 0.29) is 0 Å². The molecule has 1 aliphatic heterocycles. The molecule has 0 radical (unpaired) electrons. The van der Waals surface area contributed by atoms with Crippen LogP contribution in [0.3, 0.4) is 0 Å². The Morgan fingerprint density at radius 1 is 1.31 bits per heavy atom. The fourth-order valence-corrected chi connectivity index (χ4v) is 2.47. The molecule has 3 N–H and O–H groups in total. The maximum atomic E-state index is 5.90. The van der Waals surface area contributed by atoms with E-state index in [1.165, 1.54) is 18.5 Å². The predicted octanol–water partition coefficient (Wildman–Crippen LogP) is 0.810. The quantitative estimate of drug-likeness (QED) is 0.792. The van der Waals surface area contributed by atoms with Crippen LogP contribution in [0, 0.1) is 0 Å². The van der Waals surface area contributed by atoms with Crippen molar-refractivity contribution in [2.75, 3.05) is 31.9 Å². The van der Waals surface area contributed by atoms with Crippen LogP contribution in [-0.4, -0.2) is 35.6 Å². The Hall–Kier alpha value is -1.00. The number of piperazine rings is 1. The van der Waals surface area contributed by atoms with E-state index in [2.05, 4.69) is 27.0 Å². The Balaban J connectivity index is 1.72. The van der Waals surface area contributed by atoms with Crippen molar-refractivity contribution in [2.45, 2.75) is 25.4 Å². The molecule has 2 fully saturated rings. The highest BCUT2D eigenvalue weighted by atomic mass is 15.2. The number of aromatic nitrogens is 1. The summed E-state index contributed by atoms with van der Waals surface area (Å²) in [5, 5.41) is 3.38. The van der Waals surface area contributed by atoms with Crippen LogP contribution < -0.4 is 11.1 Å². The number of hydrogen-bond acceptors (Lipinski definition) is 3.